The number of aromatic carboxylic acids is 1. The zero-order chi connectivity index (χ0) is 13.8. The highest BCUT2D eigenvalue weighted by atomic mass is 16.4. The van der Waals surface area contributed by atoms with Crippen LogP contribution in [0.15, 0.2) is 24.3 Å². The molecule has 1 aromatic rings. The standard InChI is InChI=1S/C8H18.C7H7NO2/c1-3-5-7-8-6-4-2;8-6-4-2-1-3-5(6)7(9)10/h3-8H2,1-2H3;1-4H,8H2,(H,9,10). The van der Waals surface area contributed by atoms with Crippen LogP contribution >= 0.6 is 0 Å². The monoisotopic (exact) mass is 251 g/mol. The highest BCUT2D eigenvalue weighted by Gasteiger charge is 2.03. The van der Waals surface area contributed by atoms with E-state index in [0.29, 0.717) is 5.69 Å². The summed E-state index contributed by atoms with van der Waals surface area (Å²) in [5.41, 5.74) is 5.80. The molecule has 0 heterocycles. The third-order valence-corrected chi connectivity index (χ3v) is 2.65. The molecule has 0 saturated heterocycles. The fourth-order valence-electron chi connectivity index (χ4n) is 1.55. The summed E-state index contributed by atoms with van der Waals surface area (Å²) in [6.45, 7) is 4.51. The molecular weight excluding hydrogens is 226 g/mol. The average molecular weight is 251 g/mol. The Kier molecular flexibility index (Phi) is 9.74. The molecule has 0 unspecified atom stereocenters. The van der Waals surface area contributed by atoms with Crippen molar-refractivity contribution in [2.75, 3.05) is 5.73 Å². The molecule has 0 aliphatic rings. The van der Waals surface area contributed by atoms with Crippen LogP contribution in [-0.2, 0) is 0 Å². The van der Waals surface area contributed by atoms with Gasteiger partial charge in [0.2, 0.25) is 0 Å². The van der Waals surface area contributed by atoms with Gasteiger partial charge < -0.3 is 10.8 Å². The number of hydrogen-bond donors (Lipinski definition) is 2. The van der Waals surface area contributed by atoms with Crippen LogP contribution in [0.5, 0.6) is 0 Å². The smallest absolute Gasteiger partial charge is 0.337 e. The Labute approximate surface area is 110 Å². The first kappa shape index (κ1) is 16.5. The summed E-state index contributed by atoms with van der Waals surface area (Å²) in [6.07, 6.45) is 8.49. The van der Waals surface area contributed by atoms with Gasteiger partial charge in [0, 0.05) is 5.69 Å². The summed E-state index contributed by atoms with van der Waals surface area (Å²) >= 11 is 0. The topological polar surface area (TPSA) is 63.3 Å². The summed E-state index contributed by atoms with van der Waals surface area (Å²) in [6, 6.07) is 6.36. The number of rotatable bonds is 6. The van der Waals surface area contributed by atoms with Gasteiger partial charge in [-0.25, -0.2) is 4.79 Å². The molecule has 3 N–H and O–H groups in total. The molecule has 0 aromatic heterocycles. The minimum absolute atomic E-state index is 0.155. The molecule has 0 aliphatic heterocycles. The van der Waals surface area contributed by atoms with Gasteiger partial charge in [0.05, 0.1) is 5.56 Å². The highest BCUT2D eigenvalue weighted by Crippen LogP contribution is 2.09. The number of anilines is 1. The number of nitrogens with two attached hydrogens (primary N) is 1. The molecule has 0 aliphatic carbocycles. The van der Waals surface area contributed by atoms with Gasteiger partial charge in [-0.1, -0.05) is 64.5 Å². The predicted octanol–water partition coefficient (Wildman–Crippen LogP) is 4.33. The number of carbonyl (C=O) groups is 1. The molecule has 0 fully saturated rings. The van der Waals surface area contributed by atoms with Gasteiger partial charge >= 0.3 is 5.97 Å². The molecular formula is C15H25NO2. The van der Waals surface area contributed by atoms with Gasteiger partial charge in [0.25, 0.3) is 0 Å². The lowest BCUT2D eigenvalue weighted by molar-refractivity contribution is 0.0698. The van der Waals surface area contributed by atoms with E-state index in [-0.39, 0.29) is 5.56 Å². The van der Waals surface area contributed by atoms with Crippen molar-refractivity contribution in [1.29, 1.82) is 0 Å². The third kappa shape index (κ3) is 7.71. The van der Waals surface area contributed by atoms with Gasteiger partial charge in [-0.15, -0.1) is 0 Å². The van der Waals surface area contributed by atoms with Crippen molar-refractivity contribution in [3.63, 3.8) is 0 Å². The SMILES string of the molecule is CCCCCCCC.Nc1ccccc1C(=O)O. The van der Waals surface area contributed by atoms with Crippen molar-refractivity contribution in [1.82, 2.24) is 0 Å². The van der Waals surface area contributed by atoms with Gasteiger partial charge in [-0.2, -0.15) is 0 Å². The predicted molar refractivity (Wildman–Crippen MR) is 76.9 cm³/mol. The number of para-hydroxylation sites is 1. The molecule has 3 heteroatoms. The van der Waals surface area contributed by atoms with E-state index >= 15 is 0 Å². The van der Waals surface area contributed by atoms with E-state index in [1.807, 2.05) is 0 Å². The van der Waals surface area contributed by atoms with Crippen molar-refractivity contribution < 1.29 is 9.90 Å². The first-order chi connectivity index (χ1) is 8.63. The van der Waals surface area contributed by atoms with E-state index < -0.39 is 5.97 Å². The Morgan fingerprint density at radius 1 is 1.06 bits per heavy atom. The first-order valence-electron chi connectivity index (χ1n) is 6.71. The minimum Gasteiger partial charge on any atom is -0.478 e. The van der Waals surface area contributed by atoms with Crippen LogP contribution in [0.25, 0.3) is 0 Å². The summed E-state index contributed by atoms with van der Waals surface area (Å²) in [5, 5.41) is 8.49. The summed E-state index contributed by atoms with van der Waals surface area (Å²) in [4.78, 5) is 10.3. The van der Waals surface area contributed by atoms with Crippen LogP contribution in [-0.4, -0.2) is 11.1 Å². The second-order valence-electron chi connectivity index (χ2n) is 4.31. The Morgan fingerprint density at radius 2 is 1.56 bits per heavy atom. The molecule has 3 nitrogen and oxygen atoms in total. The van der Waals surface area contributed by atoms with E-state index in [1.54, 1.807) is 18.2 Å². The Hall–Kier alpha value is -1.51. The van der Waals surface area contributed by atoms with Crippen LogP contribution < -0.4 is 5.73 Å². The van der Waals surface area contributed by atoms with E-state index in [1.165, 1.54) is 44.6 Å². The van der Waals surface area contributed by atoms with E-state index in [9.17, 15) is 4.79 Å². The summed E-state index contributed by atoms with van der Waals surface area (Å²) in [5.74, 6) is -0.988. The molecule has 0 atom stereocenters. The number of benzene rings is 1. The number of hydrogen-bond acceptors (Lipinski definition) is 2. The largest absolute Gasteiger partial charge is 0.478 e. The quantitative estimate of drug-likeness (QED) is 0.584. The first-order valence-corrected chi connectivity index (χ1v) is 6.71. The van der Waals surface area contributed by atoms with Crippen molar-refractivity contribution in [3.8, 4) is 0 Å². The van der Waals surface area contributed by atoms with Crippen LogP contribution in [0.3, 0.4) is 0 Å². The maximum atomic E-state index is 10.3. The van der Waals surface area contributed by atoms with E-state index in [0.717, 1.165) is 0 Å². The number of unbranched alkanes of at least 4 members (excludes halogenated alkanes) is 5. The zero-order valence-corrected chi connectivity index (χ0v) is 11.5. The van der Waals surface area contributed by atoms with Crippen molar-refractivity contribution >= 4 is 11.7 Å². The highest BCUT2D eigenvalue weighted by molar-refractivity contribution is 5.93. The molecule has 1 aromatic carbocycles. The fraction of sp³-hybridized carbons (Fsp3) is 0.533. The van der Waals surface area contributed by atoms with Crippen LogP contribution in [0.4, 0.5) is 5.69 Å². The molecule has 102 valence electrons. The fourth-order valence-corrected chi connectivity index (χ4v) is 1.55. The number of carboxylic acid groups (broad SMARTS) is 1. The molecule has 0 amide bonds. The molecule has 1 rings (SSSR count). The Morgan fingerprint density at radius 3 is 1.89 bits per heavy atom. The summed E-state index contributed by atoms with van der Waals surface area (Å²) < 4.78 is 0. The Balaban J connectivity index is 0.000000331. The molecule has 0 bridgehead atoms. The third-order valence-electron chi connectivity index (χ3n) is 2.65. The Bertz CT molecular complexity index is 331. The maximum absolute atomic E-state index is 10.3. The lowest BCUT2D eigenvalue weighted by Gasteiger charge is -1.96. The lowest BCUT2D eigenvalue weighted by atomic mass is 10.1. The van der Waals surface area contributed by atoms with Crippen LogP contribution in [0.1, 0.15) is 62.7 Å². The van der Waals surface area contributed by atoms with Gasteiger partial charge in [-0.3, -0.25) is 0 Å². The van der Waals surface area contributed by atoms with Crippen LogP contribution in [0, 0.1) is 0 Å². The van der Waals surface area contributed by atoms with Gasteiger partial charge in [-0.05, 0) is 12.1 Å². The minimum atomic E-state index is -0.988. The molecule has 0 saturated carbocycles. The lowest BCUT2D eigenvalue weighted by Crippen LogP contribution is -2.00. The number of nitrogen functional groups attached to an aromatic ring is 1. The molecule has 0 spiro atoms. The average Bonchev–Trinajstić information content (AvgIpc) is 2.36. The zero-order valence-electron chi connectivity index (χ0n) is 11.5. The van der Waals surface area contributed by atoms with E-state index in [4.69, 9.17) is 10.8 Å². The van der Waals surface area contributed by atoms with Crippen molar-refractivity contribution in [2.24, 2.45) is 0 Å². The van der Waals surface area contributed by atoms with Crippen molar-refractivity contribution in [3.05, 3.63) is 29.8 Å². The van der Waals surface area contributed by atoms with Crippen LogP contribution in [0.2, 0.25) is 0 Å². The normalized spacial score (nSPS) is 9.44. The van der Waals surface area contributed by atoms with Gasteiger partial charge in [0.15, 0.2) is 0 Å². The number of carboxylic acids is 1. The molecule has 18 heavy (non-hydrogen) atoms. The summed E-state index contributed by atoms with van der Waals surface area (Å²) in [7, 11) is 0. The second-order valence-corrected chi connectivity index (χ2v) is 4.31. The van der Waals surface area contributed by atoms with E-state index in [2.05, 4.69) is 13.8 Å². The van der Waals surface area contributed by atoms with Crippen molar-refractivity contribution in [2.45, 2.75) is 52.4 Å². The second kappa shape index (κ2) is 10.6. The van der Waals surface area contributed by atoms with Gasteiger partial charge in [0.1, 0.15) is 0 Å². The maximum Gasteiger partial charge on any atom is 0.337 e. The molecule has 0 radical (unpaired) electrons.